The standard InChI is InChI=1S/C53H38N4O/c1-52-29-15-13-24-42(52)40-31-35(27-28-36(40)37-21-9-11-23-41(37)52)39-32-43-48(58-45-26-14-16-30-53(43,45)2)47-46(39)38-22-10-12-25-44(38)57(47)51-55-49(33-17-5-3-6-18-33)54-50(56-51)34-19-7-4-8-20-34/h3-28,30-32,45H,29H2,1-2H3. The van der Waals surface area contributed by atoms with Crippen molar-refractivity contribution in [3.05, 3.63) is 193 Å². The van der Waals surface area contributed by atoms with E-state index in [4.69, 9.17) is 19.7 Å². The fourth-order valence-corrected chi connectivity index (χ4v) is 10.0. The highest BCUT2D eigenvalue weighted by atomic mass is 16.5. The summed E-state index contributed by atoms with van der Waals surface area (Å²) >= 11 is 0. The van der Waals surface area contributed by atoms with Crippen molar-refractivity contribution in [3.63, 3.8) is 0 Å². The molecule has 0 saturated carbocycles. The fraction of sp³-hybridized carbons (Fsp3) is 0.113. The van der Waals surface area contributed by atoms with Gasteiger partial charge in [0.2, 0.25) is 5.95 Å². The quantitative estimate of drug-likeness (QED) is 0.180. The number of hydrogen-bond acceptors (Lipinski definition) is 4. The molecule has 0 amide bonds. The van der Waals surface area contributed by atoms with Crippen molar-refractivity contribution >= 4 is 27.4 Å². The summed E-state index contributed by atoms with van der Waals surface area (Å²) in [7, 11) is 0. The number of hydrogen-bond donors (Lipinski definition) is 0. The van der Waals surface area contributed by atoms with Crippen LogP contribution in [0, 0.1) is 0 Å². The van der Waals surface area contributed by atoms with Crippen LogP contribution in [0.15, 0.2) is 176 Å². The Morgan fingerprint density at radius 3 is 2.14 bits per heavy atom. The Labute approximate surface area is 337 Å². The van der Waals surface area contributed by atoms with Crippen molar-refractivity contribution in [2.75, 3.05) is 0 Å². The van der Waals surface area contributed by atoms with Gasteiger partial charge in [0.15, 0.2) is 11.6 Å². The van der Waals surface area contributed by atoms with E-state index in [0.717, 1.165) is 56.2 Å². The maximum Gasteiger partial charge on any atom is 0.238 e. The van der Waals surface area contributed by atoms with Crippen molar-refractivity contribution in [2.45, 2.75) is 37.2 Å². The van der Waals surface area contributed by atoms with E-state index in [1.54, 1.807) is 0 Å². The van der Waals surface area contributed by atoms with Gasteiger partial charge >= 0.3 is 0 Å². The van der Waals surface area contributed by atoms with Crippen molar-refractivity contribution < 1.29 is 4.74 Å². The van der Waals surface area contributed by atoms with E-state index in [1.807, 2.05) is 36.4 Å². The molecule has 58 heavy (non-hydrogen) atoms. The van der Waals surface area contributed by atoms with E-state index in [-0.39, 0.29) is 16.9 Å². The van der Waals surface area contributed by atoms with Gasteiger partial charge in [0.25, 0.3) is 0 Å². The molecule has 4 aliphatic rings. The van der Waals surface area contributed by atoms with E-state index in [0.29, 0.717) is 17.6 Å². The summed E-state index contributed by atoms with van der Waals surface area (Å²) in [4.78, 5) is 15.6. The fourth-order valence-electron chi connectivity index (χ4n) is 10.0. The molecule has 8 aromatic rings. The van der Waals surface area contributed by atoms with E-state index in [9.17, 15) is 0 Å². The highest BCUT2D eigenvalue weighted by Crippen LogP contribution is 2.56. The van der Waals surface area contributed by atoms with Gasteiger partial charge in [-0.3, -0.25) is 4.57 Å². The Morgan fingerprint density at radius 2 is 1.34 bits per heavy atom. The molecule has 0 spiro atoms. The third-order valence-corrected chi connectivity index (χ3v) is 13.0. The third-order valence-electron chi connectivity index (χ3n) is 13.0. The Morgan fingerprint density at radius 1 is 0.621 bits per heavy atom. The second kappa shape index (κ2) is 12.2. The minimum atomic E-state index is -0.375. The smallest absolute Gasteiger partial charge is 0.238 e. The molecule has 5 heteroatoms. The van der Waals surface area contributed by atoms with Crippen LogP contribution in [0.2, 0.25) is 0 Å². The first-order valence-corrected chi connectivity index (χ1v) is 20.1. The van der Waals surface area contributed by atoms with Gasteiger partial charge in [0.05, 0.1) is 10.9 Å². The molecule has 1 aliphatic heterocycles. The van der Waals surface area contributed by atoms with Crippen molar-refractivity contribution in [1.29, 1.82) is 0 Å². The molecule has 6 aromatic carbocycles. The largest absolute Gasteiger partial charge is 0.483 e. The van der Waals surface area contributed by atoms with Crippen LogP contribution in [0.25, 0.3) is 78.4 Å². The molecule has 0 fully saturated rings. The normalized spacial score (nSPS) is 20.9. The molecule has 3 unspecified atom stereocenters. The van der Waals surface area contributed by atoms with E-state index >= 15 is 0 Å². The number of ether oxygens (including phenoxy) is 1. The molecule has 3 heterocycles. The molecule has 12 rings (SSSR count). The second-order valence-electron chi connectivity index (χ2n) is 16.3. The van der Waals surface area contributed by atoms with Gasteiger partial charge in [-0.05, 0) is 76.6 Å². The van der Waals surface area contributed by atoms with Gasteiger partial charge in [-0.15, -0.1) is 0 Å². The summed E-state index contributed by atoms with van der Waals surface area (Å²) in [5.74, 6) is 2.64. The average molecular weight is 747 g/mol. The monoisotopic (exact) mass is 746 g/mol. The van der Waals surface area contributed by atoms with Crippen LogP contribution in [0.4, 0.5) is 0 Å². The van der Waals surface area contributed by atoms with E-state index < -0.39 is 0 Å². The zero-order valence-electron chi connectivity index (χ0n) is 32.2. The summed E-state index contributed by atoms with van der Waals surface area (Å²) in [6.07, 6.45) is 16.4. The lowest BCUT2D eigenvalue weighted by Gasteiger charge is -2.41. The third kappa shape index (κ3) is 4.61. The molecule has 0 N–H and O–H groups in total. The Hall–Kier alpha value is -7.11. The first-order valence-electron chi connectivity index (χ1n) is 20.1. The lowest BCUT2D eigenvalue weighted by molar-refractivity contribution is 0.229. The zero-order valence-corrected chi connectivity index (χ0v) is 32.2. The van der Waals surface area contributed by atoms with Crippen LogP contribution < -0.4 is 4.74 Å². The summed E-state index contributed by atoms with van der Waals surface area (Å²) in [6, 6.07) is 47.5. The number of nitrogens with zero attached hydrogens (tertiary/aromatic N) is 4. The first-order chi connectivity index (χ1) is 28.5. The predicted octanol–water partition coefficient (Wildman–Crippen LogP) is 12.4. The minimum absolute atomic E-state index is 0.111. The minimum Gasteiger partial charge on any atom is -0.483 e. The number of aromatic nitrogens is 4. The number of rotatable bonds is 4. The van der Waals surface area contributed by atoms with Gasteiger partial charge in [-0.25, -0.2) is 4.98 Å². The Balaban J connectivity index is 1.19. The van der Waals surface area contributed by atoms with Crippen LogP contribution >= 0.6 is 0 Å². The highest BCUT2D eigenvalue weighted by Gasteiger charge is 2.46. The molecule has 5 nitrogen and oxygen atoms in total. The maximum atomic E-state index is 7.11. The van der Waals surface area contributed by atoms with Crippen LogP contribution in [-0.2, 0) is 10.8 Å². The summed E-state index contributed by atoms with van der Waals surface area (Å²) in [6.45, 7) is 4.70. The molecular weight excluding hydrogens is 709 g/mol. The van der Waals surface area contributed by atoms with Crippen LogP contribution in [0.3, 0.4) is 0 Å². The van der Waals surface area contributed by atoms with E-state index in [1.165, 1.54) is 33.4 Å². The summed E-state index contributed by atoms with van der Waals surface area (Å²) in [5, 5.41) is 2.23. The molecular formula is C53H38N4O. The SMILES string of the molecule is CC12CC=CC=C1c1cc(-c3cc4c(c5c3c3ccccc3n5-c3nc(-c5ccccc5)nc(-c5ccccc5)n3)OC3C=CC=CC43C)ccc1-c1ccccc12. The number of benzene rings is 6. The van der Waals surface area contributed by atoms with Crippen LogP contribution in [-0.4, -0.2) is 25.6 Å². The Kier molecular flexibility index (Phi) is 6.95. The molecule has 0 saturated heterocycles. The maximum absolute atomic E-state index is 7.11. The highest BCUT2D eigenvalue weighted by molar-refractivity contribution is 6.18. The lowest BCUT2D eigenvalue weighted by atomic mass is 9.62. The van der Waals surface area contributed by atoms with Gasteiger partial charge in [0.1, 0.15) is 17.4 Å². The molecule has 3 aliphatic carbocycles. The lowest BCUT2D eigenvalue weighted by Crippen LogP contribution is -2.32. The van der Waals surface area contributed by atoms with Gasteiger partial charge in [0, 0.05) is 32.9 Å². The van der Waals surface area contributed by atoms with E-state index in [2.05, 4.69) is 158 Å². The van der Waals surface area contributed by atoms with Gasteiger partial charge in [-0.2, -0.15) is 9.97 Å². The van der Waals surface area contributed by atoms with Gasteiger partial charge < -0.3 is 4.74 Å². The molecule has 0 bridgehead atoms. The molecule has 0 radical (unpaired) electrons. The Bertz CT molecular complexity index is 3100. The molecule has 3 atom stereocenters. The number of para-hydroxylation sites is 1. The van der Waals surface area contributed by atoms with Crippen molar-refractivity contribution in [1.82, 2.24) is 19.5 Å². The van der Waals surface area contributed by atoms with Gasteiger partial charge in [-0.1, -0.05) is 159 Å². The molecule has 276 valence electrons. The first kappa shape index (κ1) is 33.1. The van der Waals surface area contributed by atoms with Crippen molar-refractivity contribution in [3.8, 4) is 56.7 Å². The van der Waals surface area contributed by atoms with Crippen molar-refractivity contribution in [2.24, 2.45) is 0 Å². The predicted molar refractivity (Wildman–Crippen MR) is 235 cm³/mol. The molecule has 2 aromatic heterocycles. The topological polar surface area (TPSA) is 52.8 Å². The summed E-state index contributed by atoms with van der Waals surface area (Å²) < 4.78 is 9.33. The number of allylic oxidation sites excluding steroid dienone is 6. The summed E-state index contributed by atoms with van der Waals surface area (Å²) in [5.41, 5.74) is 13.5. The zero-order chi connectivity index (χ0) is 38.6. The van der Waals surface area contributed by atoms with Crippen LogP contribution in [0.1, 0.15) is 37.0 Å². The second-order valence-corrected chi connectivity index (χ2v) is 16.3. The number of fused-ring (bicyclic) bond motifs is 13. The average Bonchev–Trinajstić information content (AvgIpc) is 3.79. The van der Waals surface area contributed by atoms with Crippen LogP contribution in [0.5, 0.6) is 5.75 Å².